The van der Waals surface area contributed by atoms with E-state index in [0.717, 1.165) is 32.1 Å². The van der Waals surface area contributed by atoms with Gasteiger partial charge in [-0.3, -0.25) is 14.4 Å². The summed E-state index contributed by atoms with van der Waals surface area (Å²) >= 11 is 1.64. The fraction of sp³-hybridized carbons (Fsp3) is 0.609. The number of thioether (sulfide) groups is 1. The molecule has 2 bridgehead atoms. The highest BCUT2D eigenvalue weighted by Crippen LogP contribution is 2.66. The number of unbranched alkanes of at least 4 members (excludes halogenated alkanes) is 2. The molecule has 0 radical (unpaired) electrons. The van der Waals surface area contributed by atoms with Gasteiger partial charge in [-0.05, 0) is 31.4 Å². The maximum Gasteiger partial charge on any atom is 0.244 e. The second kappa shape index (κ2) is 9.20. The van der Waals surface area contributed by atoms with Crippen molar-refractivity contribution >= 4 is 35.2 Å². The summed E-state index contributed by atoms with van der Waals surface area (Å²) in [5.74, 6) is -1.48. The van der Waals surface area contributed by atoms with Crippen LogP contribution < -0.4 is 10.6 Å². The van der Waals surface area contributed by atoms with Crippen molar-refractivity contribution in [2.75, 3.05) is 25.0 Å². The number of aliphatic hydroxyl groups excluding tert-OH is 1. The number of carbonyl (C=O) groups excluding carboxylic acids is 3. The Bertz CT molecular complexity index is 835. The molecule has 0 aromatic heterocycles. The van der Waals surface area contributed by atoms with Crippen molar-refractivity contribution in [3.05, 3.63) is 30.3 Å². The van der Waals surface area contributed by atoms with Crippen molar-refractivity contribution in [1.82, 2.24) is 10.2 Å². The predicted octanol–water partition coefficient (Wildman–Crippen LogP) is 2.02. The lowest BCUT2D eigenvalue weighted by molar-refractivity contribution is -0.139. The van der Waals surface area contributed by atoms with Crippen LogP contribution in [0.4, 0.5) is 5.69 Å². The molecule has 2 unspecified atom stereocenters. The van der Waals surface area contributed by atoms with E-state index in [0.29, 0.717) is 12.2 Å². The summed E-state index contributed by atoms with van der Waals surface area (Å²) in [7, 11) is 0. The molecule has 8 heteroatoms. The van der Waals surface area contributed by atoms with Crippen LogP contribution in [0, 0.1) is 11.8 Å². The summed E-state index contributed by atoms with van der Waals surface area (Å²) in [5.41, 5.74) is 0.706. The summed E-state index contributed by atoms with van der Waals surface area (Å²) in [4.78, 5) is 41.4. The number of para-hydroxylation sites is 1. The average Bonchev–Trinajstić information content (AvgIpc) is 3.40. The number of nitrogens with one attached hydrogen (secondary N) is 2. The Kier molecular flexibility index (Phi) is 6.57. The van der Waals surface area contributed by atoms with E-state index in [2.05, 4.69) is 17.6 Å². The molecule has 3 saturated heterocycles. The largest absolute Gasteiger partial charge is 0.395 e. The second-order valence-corrected chi connectivity index (χ2v) is 10.3. The zero-order chi connectivity index (χ0) is 22.0. The number of likely N-dealkylation sites (tertiary alicyclic amines) is 1. The van der Waals surface area contributed by atoms with Gasteiger partial charge in [-0.1, -0.05) is 38.0 Å². The molecule has 168 valence electrons. The molecular formula is C23H31N3O4S. The van der Waals surface area contributed by atoms with Crippen molar-refractivity contribution in [2.24, 2.45) is 11.8 Å². The number of β-amino-alcohol motifs (C(OH)–C–C–N with tert-alkyl or cyclic N) is 1. The Morgan fingerprint density at radius 3 is 2.71 bits per heavy atom. The van der Waals surface area contributed by atoms with Crippen LogP contribution in [0.25, 0.3) is 0 Å². The van der Waals surface area contributed by atoms with Gasteiger partial charge in [0, 0.05) is 24.0 Å². The summed E-state index contributed by atoms with van der Waals surface area (Å²) in [6.07, 6.45) is 4.56. The lowest BCUT2D eigenvalue weighted by Gasteiger charge is -2.34. The van der Waals surface area contributed by atoms with Gasteiger partial charge in [-0.15, -0.1) is 11.8 Å². The number of rotatable bonds is 9. The third kappa shape index (κ3) is 3.84. The normalized spacial score (nSPS) is 31.0. The third-order valence-corrected chi connectivity index (χ3v) is 8.76. The first kappa shape index (κ1) is 22.1. The van der Waals surface area contributed by atoms with Gasteiger partial charge in [0.05, 0.1) is 23.2 Å². The van der Waals surface area contributed by atoms with Crippen molar-refractivity contribution < 1.29 is 19.5 Å². The third-order valence-electron chi connectivity index (χ3n) is 6.81. The van der Waals surface area contributed by atoms with Gasteiger partial charge in [-0.25, -0.2) is 0 Å². The number of amides is 3. The number of fused-ring (bicyclic) bond motifs is 1. The first-order valence-electron chi connectivity index (χ1n) is 11.3. The van der Waals surface area contributed by atoms with Crippen LogP contribution in [0.15, 0.2) is 30.3 Å². The number of aliphatic hydroxyl groups is 1. The topological polar surface area (TPSA) is 98.7 Å². The summed E-state index contributed by atoms with van der Waals surface area (Å²) < 4.78 is -0.593. The van der Waals surface area contributed by atoms with Crippen molar-refractivity contribution in [1.29, 1.82) is 0 Å². The molecule has 7 nitrogen and oxygen atoms in total. The minimum atomic E-state index is -0.636. The zero-order valence-electron chi connectivity index (χ0n) is 17.9. The van der Waals surface area contributed by atoms with E-state index in [-0.39, 0.29) is 36.1 Å². The number of anilines is 1. The van der Waals surface area contributed by atoms with Crippen LogP contribution >= 0.6 is 11.8 Å². The maximum absolute atomic E-state index is 13.5. The molecule has 4 rings (SSSR count). The van der Waals surface area contributed by atoms with Crippen LogP contribution in [0.3, 0.4) is 0 Å². The summed E-state index contributed by atoms with van der Waals surface area (Å²) in [5, 5.41) is 15.6. The zero-order valence-corrected chi connectivity index (χ0v) is 18.7. The number of carbonyl (C=O) groups is 3. The Labute approximate surface area is 187 Å². The molecule has 0 saturated carbocycles. The van der Waals surface area contributed by atoms with Crippen LogP contribution in [0.5, 0.6) is 0 Å². The first-order chi connectivity index (χ1) is 15.0. The maximum atomic E-state index is 13.5. The molecule has 0 aliphatic carbocycles. The molecule has 3 N–H and O–H groups in total. The Hall–Kier alpha value is -2.06. The molecule has 3 amide bonds. The first-order valence-corrected chi connectivity index (χ1v) is 12.1. The van der Waals surface area contributed by atoms with E-state index in [1.165, 1.54) is 4.90 Å². The van der Waals surface area contributed by atoms with E-state index in [4.69, 9.17) is 0 Å². The Morgan fingerprint density at radius 1 is 1.23 bits per heavy atom. The van der Waals surface area contributed by atoms with Crippen molar-refractivity contribution in [3.63, 3.8) is 0 Å². The molecule has 1 spiro atoms. The van der Waals surface area contributed by atoms with E-state index >= 15 is 0 Å². The monoisotopic (exact) mass is 445 g/mol. The van der Waals surface area contributed by atoms with Crippen LogP contribution in [-0.4, -0.2) is 63.5 Å². The Morgan fingerprint density at radius 2 is 2.00 bits per heavy atom. The minimum absolute atomic E-state index is 0.0318. The number of hydrogen-bond acceptors (Lipinski definition) is 5. The quantitative estimate of drug-likeness (QED) is 0.505. The van der Waals surface area contributed by atoms with Crippen molar-refractivity contribution in [3.8, 4) is 0 Å². The van der Waals surface area contributed by atoms with Gasteiger partial charge in [-0.2, -0.15) is 0 Å². The van der Waals surface area contributed by atoms with Gasteiger partial charge < -0.3 is 20.6 Å². The predicted molar refractivity (Wildman–Crippen MR) is 121 cm³/mol. The van der Waals surface area contributed by atoms with Gasteiger partial charge in [0.25, 0.3) is 0 Å². The average molecular weight is 446 g/mol. The summed E-state index contributed by atoms with van der Waals surface area (Å²) in [6.45, 7) is 2.60. The number of hydrogen-bond donors (Lipinski definition) is 3. The number of nitrogens with zero attached hydrogens (tertiary/aromatic N) is 1. The fourth-order valence-corrected chi connectivity index (χ4v) is 7.75. The lowest BCUT2D eigenvalue weighted by Crippen LogP contribution is -2.54. The SMILES string of the molecule is CCCCCNC(=O)C1N(CCO)C(=O)[C@@H]2[C@H](C(=O)Nc3ccccc3)[C@@H]3CCC12S3. The summed E-state index contributed by atoms with van der Waals surface area (Å²) in [6, 6.07) is 8.62. The minimum Gasteiger partial charge on any atom is -0.395 e. The van der Waals surface area contributed by atoms with E-state index in [9.17, 15) is 19.5 Å². The van der Waals surface area contributed by atoms with Crippen LogP contribution in [-0.2, 0) is 14.4 Å². The molecular weight excluding hydrogens is 414 g/mol. The van der Waals surface area contributed by atoms with E-state index < -0.39 is 22.6 Å². The lowest BCUT2D eigenvalue weighted by atomic mass is 9.70. The highest BCUT2D eigenvalue weighted by atomic mass is 32.2. The van der Waals surface area contributed by atoms with Gasteiger partial charge in [0.2, 0.25) is 17.7 Å². The molecule has 1 aromatic carbocycles. The highest BCUT2D eigenvalue weighted by molar-refractivity contribution is 8.02. The van der Waals surface area contributed by atoms with Crippen LogP contribution in [0.1, 0.15) is 39.0 Å². The fourth-order valence-electron chi connectivity index (χ4n) is 5.53. The highest BCUT2D eigenvalue weighted by Gasteiger charge is 2.73. The van der Waals surface area contributed by atoms with E-state index in [1.807, 2.05) is 30.3 Å². The number of benzene rings is 1. The standard InChI is InChI=1S/C23H31N3O4S/c1-2-3-7-12-24-21(29)19-23-11-10-16(31-23)17(18(23)22(30)26(19)13-14-27)20(28)25-15-8-5-4-6-9-15/h4-6,8-9,16-19,27H,2-3,7,10-14H2,1H3,(H,24,29)(H,25,28)/t16-,17+,18-,19?,23?/m0/s1. The van der Waals surface area contributed by atoms with E-state index in [1.54, 1.807) is 11.8 Å². The molecule has 3 aliphatic rings. The molecule has 1 aromatic rings. The smallest absolute Gasteiger partial charge is 0.244 e. The molecule has 3 aliphatic heterocycles. The Balaban J connectivity index is 1.58. The van der Waals surface area contributed by atoms with Gasteiger partial charge in [0.1, 0.15) is 6.04 Å². The van der Waals surface area contributed by atoms with Crippen LogP contribution in [0.2, 0.25) is 0 Å². The van der Waals surface area contributed by atoms with Gasteiger partial charge in [0.15, 0.2) is 0 Å². The van der Waals surface area contributed by atoms with Crippen molar-refractivity contribution in [2.45, 2.75) is 55.1 Å². The van der Waals surface area contributed by atoms with Gasteiger partial charge >= 0.3 is 0 Å². The second-order valence-electron chi connectivity index (χ2n) is 8.66. The molecule has 3 heterocycles. The molecule has 3 fully saturated rings. The molecule has 31 heavy (non-hydrogen) atoms. The molecule has 5 atom stereocenters.